The van der Waals surface area contributed by atoms with Gasteiger partial charge in [0.15, 0.2) is 5.96 Å². The molecule has 21 heavy (non-hydrogen) atoms. The van der Waals surface area contributed by atoms with Crippen molar-refractivity contribution in [2.45, 2.75) is 26.8 Å². The van der Waals surface area contributed by atoms with Crippen LogP contribution in [0.5, 0.6) is 0 Å². The van der Waals surface area contributed by atoms with Crippen LogP contribution in [0.2, 0.25) is 0 Å². The zero-order chi connectivity index (χ0) is 15.1. The Morgan fingerprint density at radius 2 is 1.95 bits per heavy atom. The first-order valence-electron chi connectivity index (χ1n) is 7.17. The number of hydrogen-bond acceptors (Lipinski definition) is 3. The molecule has 6 nitrogen and oxygen atoms in total. The Hall–Kier alpha value is -2.24. The fourth-order valence-corrected chi connectivity index (χ4v) is 2.21. The van der Waals surface area contributed by atoms with Gasteiger partial charge in [-0.15, -0.1) is 0 Å². The Morgan fingerprint density at radius 3 is 2.57 bits per heavy atom. The van der Waals surface area contributed by atoms with Crippen LogP contribution in [0.4, 0.5) is 0 Å². The van der Waals surface area contributed by atoms with E-state index in [-0.39, 0.29) is 0 Å². The molecule has 0 aliphatic heterocycles. The second kappa shape index (κ2) is 7.52. The van der Waals surface area contributed by atoms with E-state index in [1.54, 1.807) is 7.05 Å². The zero-order valence-corrected chi connectivity index (χ0v) is 12.9. The molecule has 114 valence electrons. The van der Waals surface area contributed by atoms with Crippen molar-refractivity contribution >= 4 is 5.96 Å². The molecule has 0 atom stereocenters. The highest BCUT2D eigenvalue weighted by Crippen LogP contribution is 2.11. The van der Waals surface area contributed by atoms with Crippen molar-refractivity contribution < 1.29 is 4.52 Å². The summed E-state index contributed by atoms with van der Waals surface area (Å²) in [5, 5.41) is 10.6. The Morgan fingerprint density at radius 1 is 1.24 bits per heavy atom. The van der Waals surface area contributed by atoms with Gasteiger partial charge in [-0.2, -0.15) is 0 Å². The lowest BCUT2D eigenvalue weighted by Gasteiger charge is -2.12. The maximum absolute atomic E-state index is 5.16. The molecule has 2 heterocycles. The highest BCUT2D eigenvalue weighted by atomic mass is 16.5. The summed E-state index contributed by atoms with van der Waals surface area (Å²) in [6.07, 6.45) is 4.98. The van der Waals surface area contributed by atoms with Gasteiger partial charge in [0.25, 0.3) is 0 Å². The van der Waals surface area contributed by atoms with Crippen molar-refractivity contribution in [3.05, 3.63) is 41.5 Å². The maximum atomic E-state index is 5.16. The van der Waals surface area contributed by atoms with E-state index in [2.05, 4.69) is 37.7 Å². The number of aliphatic imine (C=N–C) groups is 1. The molecule has 0 aliphatic rings. The van der Waals surface area contributed by atoms with Crippen molar-refractivity contribution in [3.8, 4) is 0 Å². The van der Waals surface area contributed by atoms with E-state index in [4.69, 9.17) is 4.52 Å². The molecule has 0 aromatic carbocycles. The standard InChI is InChI=1S/C15H23N5O/c1-12-14(13(2)21-19-12)6-7-17-15(16-3)18-8-11-20-9-4-5-10-20/h4-5,9-10H,6-8,11H2,1-3H3,(H2,16,17,18). The van der Waals surface area contributed by atoms with Crippen LogP contribution in [0.25, 0.3) is 0 Å². The number of guanidine groups is 1. The summed E-state index contributed by atoms with van der Waals surface area (Å²) in [4.78, 5) is 4.22. The molecular weight excluding hydrogens is 266 g/mol. The van der Waals surface area contributed by atoms with E-state index >= 15 is 0 Å². The van der Waals surface area contributed by atoms with Gasteiger partial charge in [0.05, 0.1) is 5.69 Å². The maximum Gasteiger partial charge on any atom is 0.191 e. The quantitative estimate of drug-likeness (QED) is 0.625. The van der Waals surface area contributed by atoms with Gasteiger partial charge in [0.1, 0.15) is 5.76 Å². The predicted octanol–water partition coefficient (Wildman–Crippen LogP) is 1.50. The molecule has 2 N–H and O–H groups in total. The molecule has 0 saturated heterocycles. The highest BCUT2D eigenvalue weighted by Gasteiger charge is 2.08. The van der Waals surface area contributed by atoms with Crippen LogP contribution in [0, 0.1) is 13.8 Å². The van der Waals surface area contributed by atoms with Gasteiger partial charge < -0.3 is 19.7 Å². The first kappa shape index (κ1) is 15.2. The van der Waals surface area contributed by atoms with E-state index in [9.17, 15) is 0 Å². The van der Waals surface area contributed by atoms with Gasteiger partial charge in [-0.1, -0.05) is 5.16 Å². The second-order valence-electron chi connectivity index (χ2n) is 4.90. The van der Waals surface area contributed by atoms with Gasteiger partial charge in [0.2, 0.25) is 0 Å². The fraction of sp³-hybridized carbons (Fsp3) is 0.467. The van der Waals surface area contributed by atoms with Gasteiger partial charge in [-0.25, -0.2) is 0 Å². The SMILES string of the molecule is CN=C(NCCc1c(C)noc1C)NCCn1cccc1. The molecule has 0 fully saturated rings. The van der Waals surface area contributed by atoms with E-state index < -0.39 is 0 Å². The summed E-state index contributed by atoms with van der Waals surface area (Å²) in [6, 6.07) is 4.05. The van der Waals surface area contributed by atoms with E-state index in [1.165, 1.54) is 5.56 Å². The van der Waals surface area contributed by atoms with E-state index in [0.717, 1.165) is 43.5 Å². The van der Waals surface area contributed by atoms with Crippen LogP contribution < -0.4 is 10.6 Å². The number of aryl methyl sites for hydroxylation is 2. The first-order chi connectivity index (χ1) is 10.2. The van der Waals surface area contributed by atoms with Gasteiger partial charge in [-0.05, 0) is 32.4 Å². The summed E-state index contributed by atoms with van der Waals surface area (Å²) < 4.78 is 7.29. The summed E-state index contributed by atoms with van der Waals surface area (Å²) in [5.41, 5.74) is 2.13. The van der Waals surface area contributed by atoms with Gasteiger partial charge in [0, 0.05) is 44.6 Å². The van der Waals surface area contributed by atoms with Crippen molar-refractivity contribution in [2.24, 2.45) is 4.99 Å². The van der Waals surface area contributed by atoms with Crippen LogP contribution in [0.3, 0.4) is 0 Å². The Labute approximate surface area is 125 Å². The first-order valence-corrected chi connectivity index (χ1v) is 7.17. The van der Waals surface area contributed by atoms with Gasteiger partial charge in [-0.3, -0.25) is 4.99 Å². The van der Waals surface area contributed by atoms with Crippen LogP contribution in [0.15, 0.2) is 34.0 Å². The van der Waals surface area contributed by atoms with Crippen molar-refractivity contribution in [2.75, 3.05) is 20.1 Å². The molecule has 2 aromatic heterocycles. The van der Waals surface area contributed by atoms with E-state index in [1.807, 2.05) is 26.0 Å². The minimum absolute atomic E-state index is 0.798. The third kappa shape index (κ3) is 4.37. The lowest BCUT2D eigenvalue weighted by Crippen LogP contribution is -2.39. The third-order valence-corrected chi connectivity index (χ3v) is 3.40. The molecule has 0 radical (unpaired) electrons. The largest absolute Gasteiger partial charge is 0.361 e. The zero-order valence-electron chi connectivity index (χ0n) is 12.9. The molecule has 0 spiro atoms. The molecule has 6 heteroatoms. The number of nitrogens with zero attached hydrogens (tertiary/aromatic N) is 3. The molecule has 0 bridgehead atoms. The average molecular weight is 289 g/mol. The average Bonchev–Trinajstić information content (AvgIpc) is 3.10. The molecule has 0 amide bonds. The number of hydrogen-bond donors (Lipinski definition) is 2. The molecular formula is C15H23N5O. The number of rotatable bonds is 6. The summed E-state index contributed by atoms with van der Waals surface area (Å²) in [6.45, 7) is 6.46. The lowest BCUT2D eigenvalue weighted by molar-refractivity contribution is 0.392. The van der Waals surface area contributed by atoms with Crippen LogP contribution in [-0.4, -0.2) is 35.8 Å². The minimum atomic E-state index is 0.798. The highest BCUT2D eigenvalue weighted by molar-refractivity contribution is 5.79. The Balaban J connectivity index is 1.70. The summed E-state index contributed by atoms with van der Waals surface area (Å²) in [7, 11) is 1.78. The monoisotopic (exact) mass is 289 g/mol. The van der Waals surface area contributed by atoms with Gasteiger partial charge >= 0.3 is 0 Å². The third-order valence-electron chi connectivity index (χ3n) is 3.40. The molecule has 2 rings (SSSR count). The molecule has 0 unspecified atom stereocenters. The second-order valence-corrected chi connectivity index (χ2v) is 4.90. The predicted molar refractivity (Wildman–Crippen MR) is 83.5 cm³/mol. The Kier molecular flexibility index (Phi) is 5.43. The minimum Gasteiger partial charge on any atom is -0.361 e. The number of nitrogens with one attached hydrogen (secondary N) is 2. The number of aromatic nitrogens is 2. The summed E-state index contributed by atoms with van der Waals surface area (Å²) in [5.74, 6) is 1.71. The summed E-state index contributed by atoms with van der Waals surface area (Å²) >= 11 is 0. The van der Waals surface area contributed by atoms with Crippen LogP contribution in [0.1, 0.15) is 17.0 Å². The topological polar surface area (TPSA) is 67.4 Å². The van der Waals surface area contributed by atoms with Crippen molar-refractivity contribution in [3.63, 3.8) is 0 Å². The van der Waals surface area contributed by atoms with Crippen molar-refractivity contribution in [1.82, 2.24) is 20.4 Å². The lowest BCUT2D eigenvalue weighted by atomic mass is 10.1. The molecule has 0 aliphatic carbocycles. The molecule has 0 saturated carbocycles. The van der Waals surface area contributed by atoms with Crippen LogP contribution >= 0.6 is 0 Å². The normalized spacial score (nSPS) is 11.7. The fourth-order valence-electron chi connectivity index (χ4n) is 2.21. The smallest absolute Gasteiger partial charge is 0.191 e. The van der Waals surface area contributed by atoms with E-state index in [0.29, 0.717) is 0 Å². The van der Waals surface area contributed by atoms with Crippen LogP contribution in [-0.2, 0) is 13.0 Å². The Bertz CT molecular complexity index is 551. The van der Waals surface area contributed by atoms with Crippen molar-refractivity contribution in [1.29, 1.82) is 0 Å². The molecule has 2 aromatic rings.